The quantitative estimate of drug-likeness (QED) is 0.364. The van der Waals surface area contributed by atoms with Gasteiger partial charge in [-0.3, -0.25) is 0 Å². The van der Waals surface area contributed by atoms with Crippen molar-refractivity contribution in [3.8, 4) is 0 Å². The van der Waals surface area contributed by atoms with E-state index in [0.29, 0.717) is 0 Å². The van der Waals surface area contributed by atoms with Crippen molar-refractivity contribution in [3.63, 3.8) is 0 Å². The van der Waals surface area contributed by atoms with Crippen molar-refractivity contribution in [3.05, 3.63) is 0 Å². The van der Waals surface area contributed by atoms with Crippen LogP contribution in [-0.4, -0.2) is 71.4 Å². The fourth-order valence-electron chi connectivity index (χ4n) is 0.126. The molecule has 0 fully saturated rings. The van der Waals surface area contributed by atoms with Crippen LogP contribution in [0.2, 0.25) is 0 Å². The third-order valence-corrected chi connectivity index (χ3v) is 3.44. The topological polar surface area (TPSA) is 121 Å². The zero-order valence-electron chi connectivity index (χ0n) is 7.56. The molecule has 6 nitrogen and oxygen atoms in total. The molecule has 0 radical (unpaired) electrons. The van der Waals surface area contributed by atoms with Crippen LogP contribution in [0, 0.1) is 0 Å². The van der Waals surface area contributed by atoms with Gasteiger partial charge in [-0.05, 0) is 0 Å². The molecule has 0 aliphatic carbocycles. The molecule has 11 heteroatoms. The van der Waals surface area contributed by atoms with Crippen LogP contribution in [0.15, 0.2) is 0 Å². The molecule has 0 aromatic rings. The van der Waals surface area contributed by atoms with Crippen molar-refractivity contribution in [2.75, 3.05) is 11.8 Å². The van der Waals surface area contributed by atoms with Gasteiger partial charge >= 0.3 is 37.7 Å². The Kier molecular flexibility index (Phi) is 21.1. The van der Waals surface area contributed by atoms with Crippen molar-refractivity contribution in [2.45, 2.75) is 11.7 Å². The number of hydrogen-bond acceptors (Lipinski definition) is 6. The van der Waals surface area contributed by atoms with Gasteiger partial charge in [-0.25, -0.2) is 0 Å². The van der Waals surface area contributed by atoms with Gasteiger partial charge in [0.25, 0.3) is 0 Å². The molecule has 0 aromatic heterocycles. The van der Waals surface area contributed by atoms with Crippen LogP contribution in [0.3, 0.4) is 0 Å². The fourth-order valence-corrected chi connectivity index (χ4v) is 1.13. The first-order valence-electron chi connectivity index (χ1n) is 3.26. The van der Waals surface area contributed by atoms with Crippen LogP contribution in [-0.2, 0) is 9.13 Å². The molecule has 0 bridgehead atoms. The number of aliphatic hydroxyl groups excluding tert-OH is 2. The van der Waals surface area contributed by atoms with Gasteiger partial charge in [0.05, 0.1) is 11.8 Å². The van der Waals surface area contributed by atoms with E-state index in [1.54, 1.807) is 0 Å². The van der Waals surface area contributed by atoms with Gasteiger partial charge in [0.15, 0.2) is 0 Å². The minimum absolute atomic E-state index is 0. The molecule has 0 heterocycles. The summed E-state index contributed by atoms with van der Waals surface area (Å²) in [4.78, 5) is 19.3. The Morgan fingerprint density at radius 1 is 1.00 bits per heavy atom. The summed E-state index contributed by atoms with van der Waals surface area (Å²) in [5, 5.41) is 16.4. The number of hydrogen-bond donors (Lipinski definition) is 2. The van der Waals surface area contributed by atoms with Gasteiger partial charge in [0.1, 0.15) is 11.7 Å². The Morgan fingerprint density at radius 2 is 1.20 bits per heavy atom. The van der Waals surface area contributed by atoms with E-state index in [0.717, 1.165) is 0 Å². The van der Waals surface area contributed by atoms with E-state index in [2.05, 4.69) is 0 Å². The molecule has 0 aliphatic rings. The third kappa shape index (κ3) is 16.1. The van der Waals surface area contributed by atoms with E-state index in [1.165, 1.54) is 0 Å². The van der Waals surface area contributed by atoms with Gasteiger partial charge in [-0.15, -0.1) is 23.2 Å². The minimum Gasteiger partial charge on any atom is -0.800 e. The first-order valence-corrected chi connectivity index (χ1v) is 7.12. The Hall–Kier alpha value is 2.14. The maximum atomic E-state index is 9.67. The molecule has 0 amide bonds. The van der Waals surface area contributed by atoms with Crippen molar-refractivity contribution < 1.29 is 29.1 Å². The normalized spacial score (nSPS) is 17.5. The van der Waals surface area contributed by atoms with Crippen molar-refractivity contribution in [2.24, 2.45) is 0 Å². The molecular weight excluding hydrogens is 317 g/mol. The molecule has 15 heavy (non-hydrogen) atoms. The molecule has 0 saturated carbocycles. The summed E-state index contributed by atoms with van der Waals surface area (Å²) in [5.41, 5.74) is 0. The van der Waals surface area contributed by atoms with Crippen molar-refractivity contribution in [1.82, 2.24) is 0 Å². The molecule has 4 atom stereocenters. The van der Waals surface area contributed by atoms with Crippen molar-refractivity contribution in [1.29, 1.82) is 0 Å². The van der Waals surface area contributed by atoms with Gasteiger partial charge in [-0.1, -0.05) is 0 Å². The summed E-state index contributed by atoms with van der Waals surface area (Å²) in [6.07, 6.45) is 0. The monoisotopic (exact) mass is 326 g/mol. The summed E-state index contributed by atoms with van der Waals surface area (Å²) in [6.45, 7) is 0. The van der Waals surface area contributed by atoms with Crippen LogP contribution in [0.25, 0.3) is 0 Å². The Morgan fingerprint density at radius 3 is 1.20 bits per heavy atom. The van der Waals surface area contributed by atoms with Crippen LogP contribution in [0.4, 0.5) is 0 Å². The predicted octanol–water partition coefficient (Wildman–Crippen LogP) is -1.62. The summed E-state index contributed by atoms with van der Waals surface area (Å²) >= 11 is 9.84. The first kappa shape index (κ1) is 22.3. The zero-order chi connectivity index (χ0) is 11.7. The first-order chi connectivity index (χ1) is 6.36. The molecule has 88 valence electrons. The minimum atomic E-state index is -3.04. The number of rotatable bonds is 4. The standard InChI is InChI=1S/2C2H6ClO3P.Ca/c2*3-1-2(4)7(5)6;/h2*2,4,7H,1H2,(H,5,6);/q;;+2/p-2/t2*2-;/m00./s1. The smallest absolute Gasteiger partial charge is 0.800 e. The van der Waals surface area contributed by atoms with Gasteiger partial charge in [0.2, 0.25) is 0 Å². The molecule has 0 rings (SSSR count). The molecule has 2 N–H and O–H groups in total. The second kappa shape index (κ2) is 14.2. The van der Waals surface area contributed by atoms with Crippen LogP contribution in [0.1, 0.15) is 0 Å². The molecule has 0 aliphatic heterocycles. The second-order valence-electron chi connectivity index (χ2n) is 1.98. The van der Waals surface area contributed by atoms with Gasteiger partial charge < -0.3 is 29.1 Å². The summed E-state index contributed by atoms with van der Waals surface area (Å²) < 4.78 is 19.3. The van der Waals surface area contributed by atoms with E-state index < -0.39 is 27.7 Å². The Balaban J connectivity index is -0.000000180. The Labute approximate surface area is 128 Å². The van der Waals surface area contributed by atoms with Gasteiger partial charge in [0, 0.05) is 16.1 Å². The number of halogens is 2. The van der Waals surface area contributed by atoms with E-state index in [-0.39, 0.29) is 49.5 Å². The average Bonchev–Trinajstić information content (AvgIpc) is 2.15. The molecule has 0 aromatic carbocycles. The number of alkyl halides is 2. The summed E-state index contributed by atoms with van der Waals surface area (Å²) in [6, 6.07) is 0. The fraction of sp³-hybridized carbons (Fsp3) is 1.00. The predicted molar refractivity (Wildman–Crippen MR) is 57.2 cm³/mol. The van der Waals surface area contributed by atoms with E-state index >= 15 is 0 Å². The second-order valence-corrected chi connectivity index (χ2v) is 5.20. The average molecular weight is 327 g/mol. The number of aliphatic hydroxyl groups is 2. The SMILES string of the molecule is O=[PH]([O-])[C@H](O)CCl.O=[PH]([O-])[C@H](O)CCl.[Ca+2]. The maximum Gasteiger partial charge on any atom is 2.00 e. The van der Waals surface area contributed by atoms with E-state index in [9.17, 15) is 18.9 Å². The molecule has 0 spiro atoms. The molecule has 2 unspecified atom stereocenters. The Bertz CT molecular complexity index is 176. The largest absolute Gasteiger partial charge is 2.00 e. The molecular formula is C4H10CaCl2O6P2. The van der Waals surface area contributed by atoms with Crippen LogP contribution in [0.5, 0.6) is 0 Å². The van der Waals surface area contributed by atoms with Gasteiger partial charge in [-0.2, -0.15) is 0 Å². The van der Waals surface area contributed by atoms with Crippen molar-refractivity contribution >= 4 is 77.0 Å². The molecule has 0 saturated heterocycles. The van der Waals surface area contributed by atoms with E-state index in [1.807, 2.05) is 0 Å². The van der Waals surface area contributed by atoms with E-state index in [4.69, 9.17) is 33.4 Å². The van der Waals surface area contributed by atoms with Crippen LogP contribution >= 0.6 is 39.3 Å². The maximum absolute atomic E-state index is 9.67. The zero-order valence-corrected chi connectivity index (χ0v) is 13.3. The third-order valence-electron chi connectivity index (χ3n) is 0.836. The van der Waals surface area contributed by atoms with Crippen LogP contribution < -0.4 is 9.79 Å². The summed E-state index contributed by atoms with van der Waals surface area (Å²) in [5.74, 6) is -3.15. The summed E-state index contributed by atoms with van der Waals surface area (Å²) in [7, 11) is -6.08.